The van der Waals surface area contributed by atoms with Crippen LogP contribution < -0.4 is 15.1 Å². The van der Waals surface area contributed by atoms with Gasteiger partial charge in [0.05, 0.1) is 35.4 Å². The Hall–Kier alpha value is -4.78. The molecule has 4 aromatic rings. The van der Waals surface area contributed by atoms with Crippen molar-refractivity contribution in [3.8, 4) is 11.8 Å². The van der Waals surface area contributed by atoms with Crippen molar-refractivity contribution in [3.63, 3.8) is 0 Å². The fourth-order valence-corrected chi connectivity index (χ4v) is 5.57. The van der Waals surface area contributed by atoms with E-state index in [1.54, 1.807) is 24.7 Å². The fourth-order valence-electron chi connectivity index (χ4n) is 5.57. The topological polar surface area (TPSA) is 87.3 Å². The highest BCUT2D eigenvalue weighted by Gasteiger charge is 2.28. The second-order valence-corrected chi connectivity index (χ2v) is 10.5. The first-order valence-corrected chi connectivity index (χ1v) is 13.5. The van der Waals surface area contributed by atoms with Crippen LogP contribution in [0.4, 0.5) is 14.5 Å². The Morgan fingerprint density at radius 2 is 2.05 bits per heavy atom. The second kappa shape index (κ2) is 10.7. The maximum atomic E-state index is 14.6. The van der Waals surface area contributed by atoms with Crippen molar-refractivity contribution in [2.45, 2.75) is 39.4 Å². The molecule has 0 amide bonds. The third-order valence-electron chi connectivity index (χ3n) is 7.64. The molecule has 10 heteroatoms. The first kappa shape index (κ1) is 26.4. The van der Waals surface area contributed by atoms with E-state index in [2.05, 4.69) is 25.8 Å². The van der Waals surface area contributed by atoms with E-state index < -0.39 is 11.6 Å². The predicted molar refractivity (Wildman–Crippen MR) is 150 cm³/mol. The van der Waals surface area contributed by atoms with Gasteiger partial charge in [-0.1, -0.05) is 6.08 Å². The number of nitriles is 1. The lowest BCUT2D eigenvalue weighted by molar-refractivity contribution is 0.232. The SMILES string of the molecule is Cc1cc(CN(Cc2cn3c4c(c(F)c(F)cc4c2=O)OCC3C)C2=CCCN(c3ccc(C#N)nc3)C2)ccn1. The second-order valence-electron chi connectivity index (χ2n) is 10.5. The smallest absolute Gasteiger partial charge is 0.202 e. The predicted octanol–water partition coefficient (Wildman–Crippen LogP) is 5.00. The molecule has 0 spiro atoms. The number of aromatic nitrogens is 3. The van der Waals surface area contributed by atoms with Gasteiger partial charge in [0, 0.05) is 49.0 Å². The van der Waals surface area contributed by atoms with Gasteiger partial charge in [0.2, 0.25) is 5.82 Å². The van der Waals surface area contributed by atoms with Crippen LogP contribution in [0.2, 0.25) is 0 Å². The molecule has 2 aliphatic heterocycles. The molecular formula is C31H28F2N6O2. The summed E-state index contributed by atoms with van der Waals surface area (Å²) in [5, 5.41) is 9.23. The number of rotatable bonds is 6. The van der Waals surface area contributed by atoms with Gasteiger partial charge in [-0.25, -0.2) is 9.37 Å². The summed E-state index contributed by atoms with van der Waals surface area (Å²) in [7, 11) is 0. The van der Waals surface area contributed by atoms with Crippen molar-refractivity contribution in [1.29, 1.82) is 5.26 Å². The average molecular weight is 555 g/mol. The first-order valence-electron chi connectivity index (χ1n) is 13.5. The van der Waals surface area contributed by atoms with Crippen LogP contribution in [0, 0.1) is 29.9 Å². The van der Waals surface area contributed by atoms with Gasteiger partial charge in [-0.05, 0) is 56.2 Å². The minimum Gasteiger partial charge on any atom is -0.486 e. The summed E-state index contributed by atoms with van der Waals surface area (Å²) in [4.78, 5) is 26.6. The van der Waals surface area contributed by atoms with Gasteiger partial charge in [-0.3, -0.25) is 9.78 Å². The molecule has 0 N–H and O–H groups in total. The Labute approximate surface area is 235 Å². The van der Waals surface area contributed by atoms with Crippen LogP contribution in [0.15, 0.2) is 65.5 Å². The van der Waals surface area contributed by atoms with Crippen molar-refractivity contribution >= 4 is 16.6 Å². The molecule has 0 fully saturated rings. The van der Waals surface area contributed by atoms with E-state index >= 15 is 0 Å². The number of aryl methyl sites for hydroxylation is 1. The molecule has 0 bridgehead atoms. The molecule has 0 saturated carbocycles. The summed E-state index contributed by atoms with van der Waals surface area (Å²) in [5.41, 5.74) is 4.62. The first-order chi connectivity index (χ1) is 19.8. The summed E-state index contributed by atoms with van der Waals surface area (Å²) in [5.74, 6) is -2.40. The molecule has 41 heavy (non-hydrogen) atoms. The molecule has 1 aromatic carbocycles. The van der Waals surface area contributed by atoms with E-state index in [0.717, 1.165) is 41.7 Å². The average Bonchev–Trinajstić information content (AvgIpc) is 2.98. The quantitative estimate of drug-likeness (QED) is 0.332. The van der Waals surface area contributed by atoms with Crippen LogP contribution in [0.3, 0.4) is 0 Å². The zero-order chi connectivity index (χ0) is 28.7. The van der Waals surface area contributed by atoms with Crippen LogP contribution in [0.25, 0.3) is 10.9 Å². The minimum atomic E-state index is -1.10. The summed E-state index contributed by atoms with van der Waals surface area (Å²) in [6.07, 6.45) is 8.18. The number of ether oxygens (including phenoxy) is 1. The Bertz CT molecular complexity index is 1780. The summed E-state index contributed by atoms with van der Waals surface area (Å²) in [6, 6.07) is 10.4. The lowest BCUT2D eigenvalue weighted by atomic mass is 10.1. The lowest BCUT2D eigenvalue weighted by Gasteiger charge is -2.36. The lowest BCUT2D eigenvalue weighted by Crippen LogP contribution is -2.37. The van der Waals surface area contributed by atoms with E-state index in [1.807, 2.05) is 42.7 Å². The normalized spacial score (nSPS) is 16.2. The van der Waals surface area contributed by atoms with Gasteiger partial charge in [-0.15, -0.1) is 0 Å². The fraction of sp³-hybridized carbons (Fsp3) is 0.290. The maximum Gasteiger partial charge on any atom is 0.202 e. The third-order valence-corrected chi connectivity index (χ3v) is 7.64. The van der Waals surface area contributed by atoms with Crippen LogP contribution in [0.1, 0.15) is 41.9 Å². The molecule has 6 rings (SSSR count). The Morgan fingerprint density at radius 3 is 2.80 bits per heavy atom. The van der Waals surface area contributed by atoms with Crippen molar-refractivity contribution in [2.24, 2.45) is 0 Å². The molecule has 2 aliphatic rings. The molecule has 1 atom stereocenters. The summed E-state index contributed by atoms with van der Waals surface area (Å²) >= 11 is 0. The monoisotopic (exact) mass is 554 g/mol. The molecule has 5 heterocycles. The summed E-state index contributed by atoms with van der Waals surface area (Å²) < 4.78 is 36.5. The van der Waals surface area contributed by atoms with Crippen molar-refractivity contribution < 1.29 is 13.5 Å². The van der Waals surface area contributed by atoms with Crippen LogP contribution in [-0.4, -0.2) is 39.1 Å². The Morgan fingerprint density at radius 1 is 1.20 bits per heavy atom. The number of anilines is 1. The van der Waals surface area contributed by atoms with Gasteiger partial charge in [0.15, 0.2) is 17.0 Å². The Balaban J connectivity index is 1.40. The van der Waals surface area contributed by atoms with Gasteiger partial charge in [0.25, 0.3) is 0 Å². The number of hydrogen-bond acceptors (Lipinski definition) is 7. The van der Waals surface area contributed by atoms with E-state index in [1.165, 1.54) is 0 Å². The highest BCUT2D eigenvalue weighted by molar-refractivity contribution is 5.86. The molecule has 0 saturated heterocycles. The number of hydrogen-bond donors (Lipinski definition) is 0. The molecule has 208 valence electrons. The molecule has 1 unspecified atom stereocenters. The van der Waals surface area contributed by atoms with E-state index in [-0.39, 0.29) is 41.3 Å². The number of benzene rings is 1. The standard InChI is InChI=1S/C31H28F2N6O2/c1-19-10-21(7-8-35-19)14-38(25-4-3-9-37(17-25)24-6-5-23(12-34)36-13-24)15-22-16-39-20(2)18-41-31-28(33)27(32)11-26(29(31)39)30(22)40/h4-8,10-11,13,16,20H,3,9,14-15,17-18H2,1-2H3. The highest BCUT2D eigenvalue weighted by Crippen LogP contribution is 2.35. The summed E-state index contributed by atoms with van der Waals surface area (Å²) in [6.45, 7) is 6.17. The zero-order valence-corrected chi connectivity index (χ0v) is 22.8. The molecular weight excluding hydrogens is 526 g/mol. The third kappa shape index (κ3) is 4.99. The van der Waals surface area contributed by atoms with E-state index in [4.69, 9.17) is 10.00 Å². The van der Waals surface area contributed by atoms with Crippen molar-refractivity contribution in [2.75, 3.05) is 24.6 Å². The zero-order valence-electron chi connectivity index (χ0n) is 22.8. The van der Waals surface area contributed by atoms with Crippen LogP contribution in [-0.2, 0) is 13.1 Å². The van der Waals surface area contributed by atoms with E-state index in [9.17, 15) is 13.6 Å². The van der Waals surface area contributed by atoms with Gasteiger partial charge in [0.1, 0.15) is 18.4 Å². The maximum absolute atomic E-state index is 14.6. The molecule has 0 radical (unpaired) electrons. The Kier molecular flexibility index (Phi) is 6.87. The molecule has 3 aromatic heterocycles. The van der Waals surface area contributed by atoms with Gasteiger partial charge >= 0.3 is 0 Å². The van der Waals surface area contributed by atoms with Crippen LogP contribution in [0.5, 0.6) is 5.75 Å². The van der Waals surface area contributed by atoms with Crippen molar-refractivity contribution in [1.82, 2.24) is 19.4 Å². The number of halogens is 2. The molecule has 0 aliphatic carbocycles. The van der Waals surface area contributed by atoms with Gasteiger partial charge < -0.3 is 19.1 Å². The number of nitrogens with zero attached hydrogens (tertiary/aromatic N) is 6. The van der Waals surface area contributed by atoms with Crippen molar-refractivity contribution in [3.05, 3.63) is 105 Å². The molecule has 8 nitrogen and oxygen atoms in total. The van der Waals surface area contributed by atoms with Crippen LogP contribution >= 0.6 is 0 Å². The highest BCUT2D eigenvalue weighted by atomic mass is 19.2. The van der Waals surface area contributed by atoms with Gasteiger partial charge in [-0.2, -0.15) is 9.65 Å². The van der Waals surface area contributed by atoms with E-state index in [0.29, 0.717) is 24.3 Å². The largest absolute Gasteiger partial charge is 0.486 e. The minimum absolute atomic E-state index is 0.102. The number of pyridine rings is 3.